The van der Waals surface area contributed by atoms with Gasteiger partial charge in [0.2, 0.25) is 5.91 Å². The summed E-state index contributed by atoms with van der Waals surface area (Å²) in [6.45, 7) is 21.7. The average Bonchev–Trinajstić information content (AvgIpc) is 2.94. The first kappa shape index (κ1) is 33.4. The van der Waals surface area contributed by atoms with Crippen LogP contribution < -0.4 is 20.3 Å². The maximum atomic E-state index is 12.0. The predicted molar refractivity (Wildman–Crippen MR) is 184 cm³/mol. The fourth-order valence-electron chi connectivity index (χ4n) is 6.22. The maximum Gasteiger partial charge on any atom is 0.248 e. The Kier molecular flexibility index (Phi) is 9.75. The third kappa shape index (κ3) is 7.76. The number of carbonyl (C=O) groups excluding carboxylic acids is 1. The van der Waals surface area contributed by atoms with Crippen molar-refractivity contribution in [3.05, 3.63) is 88.0 Å². The van der Waals surface area contributed by atoms with Gasteiger partial charge < -0.3 is 25.0 Å². The van der Waals surface area contributed by atoms with E-state index in [2.05, 4.69) is 116 Å². The highest BCUT2D eigenvalue weighted by Gasteiger charge is 2.30. The molecule has 3 aromatic carbocycles. The van der Waals surface area contributed by atoms with Crippen molar-refractivity contribution in [3.63, 3.8) is 0 Å². The standard InChI is InChI=1S/C38H53N3O3/c1-36(2,3)31-15-14-30(41-17-19-43-20-18-41)21-28(31)24-38(7,8)32-16-13-29(40(9)10)23-34(32)44-25-27-12-11-26(35(39)42)22-33(27)37(4,5)6/h11-16,21-23H,17-20,24-25H2,1-10H3,(H2,39,42). The molecule has 0 spiro atoms. The van der Waals surface area contributed by atoms with Gasteiger partial charge in [-0.1, -0.05) is 73.6 Å². The van der Waals surface area contributed by atoms with E-state index in [1.54, 1.807) is 6.07 Å². The first-order chi connectivity index (χ1) is 20.5. The molecule has 0 unspecified atom stereocenters. The van der Waals surface area contributed by atoms with Crippen LogP contribution in [-0.2, 0) is 34.0 Å². The smallest absolute Gasteiger partial charge is 0.248 e. The molecule has 0 atom stereocenters. The quantitative estimate of drug-likeness (QED) is 0.278. The number of carbonyl (C=O) groups is 1. The third-order valence-electron chi connectivity index (χ3n) is 8.70. The van der Waals surface area contributed by atoms with Crippen LogP contribution in [0.2, 0.25) is 0 Å². The predicted octanol–water partition coefficient (Wildman–Crippen LogP) is 7.38. The lowest BCUT2D eigenvalue weighted by Gasteiger charge is -2.34. The van der Waals surface area contributed by atoms with Gasteiger partial charge in [-0.15, -0.1) is 0 Å². The Morgan fingerprint density at radius 2 is 1.45 bits per heavy atom. The van der Waals surface area contributed by atoms with Crippen LogP contribution in [0.3, 0.4) is 0 Å². The molecule has 1 fully saturated rings. The van der Waals surface area contributed by atoms with Gasteiger partial charge in [0.1, 0.15) is 12.4 Å². The average molecular weight is 600 g/mol. The van der Waals surface area contributed by atoms with Crippen molar-refractivity contribution in [2.45, 2.75) is 84.7 Å². The Labute approximate surface area is 265 Å². The molecule has 1 amide bonds. The highest BCUT2D eigenvalue weighted by molar-refractivity contribution is 5.93. The van der Waals surface area contributed by atoms with E-state index in [1.165, 1.54) is 22.4 Å². The van der Waals surface area contributed by atoms with Crippen molar-refractivity contribution in [2.75, 3.05) is 50.2 Å². The first-order valence-corrected chi connectivity index (χ1v) is 15.8. The van der Waals surface area contributed by atoms with Crippen molar-refractivity contribution in [1.29, 1.82) is 0 Å². The molecule has 3 aromatic rings. The molecule has 0 aromatic heterocycles. The number of primary amides is 1. The highest BCUT2D eigenvalue weighted by Crippen LogP contribution is 2.40. The van der Waals surface area contributed by atoms with Gasteiger partial charge in [-0.25, -0.2) is 0 Å². The molecule has 44 heavy (non-hydrogen) atoms. The van der Waals surface area contributed by atoms with Gasteiger partial charge >= 0.3 is 0 Å². The van der Waals surface area contributed by atoms with Gasteiger partial charge in [0, 0.05) is 55.8 Å². The lowest BCUT2D eigenvalue weighted by Crippen LogP contribution is -2.36. The van der Waals surface area contributed by atoms with E-state index >= 15 is 0 Å². The highest BCUT2D eigenvalue weighted by atomic mass is 16.5. The second-order valence-corrected chi connectivity index (χ2v) is 15.1. The SMILES string of the molecule is CN(C)c1ccc(C(C)(C)Cc2cc(N3CCOCC3)ccc2C(C)(C)C)c(OCc2ccc(C(N)=O)cc2C(C)(C)C)c1. The number of ether oxygens (including phenoxy) is 2. The maximum absolute atomic E-state index is 12.0. The third-order valence-corrected chi connectivity index (χ3v) is 8.70. The fraction of sp³-hybridized carbons (Fsp3) is 0.500. The second kappa shape index (κ2) is 12.8. The Balaban J connectivity index is 1.73. The number of nitrogens with zero attached hydrogens (tertiary/aromatic N) is 2. The van der Waals surface area contributed by atoms with Crippen molar-refractivity contribution in [3.8, 4) is 5.75 Å². The molecule has 1 aliphatic heterocycles. The summed E-state index contributed by atoms with van der Waals surface area (Å²) in [7, 11) is 4.11. The minimum absolute atomic E-state index is 0.0174. The summed E-state index contributed by atoms with van der Waals surface area (Å²) in [4.78, 5) is 16.5. The van der Waals surface area contributed by atoms with Crippen LogP contribution in [0.4, 0.5) is 11.4 Å². The minimum Gasteiger partial charge on any atom is -0.489 e. The van der Waals surface area contributed by atoms with E-state index in [9.17, 15) is 4.79 Å². The van der Waals surface area contributed by atoms with Gasteiger partial charge in [0.05, 0.1) is 13.2 Å². The second-order valence-electron chi connectivity index (χ2n) is 15.1. The molecular weight excluding hydrogens is 546 g/mol. The van der Waals surface area contributed by atoms with E-state index in [-0.39, 0.29) is 16.2 Å². The lowest BCUT2D eigenvalue weighted by molar-refractivity contribution is 0.1000. The molecule has 6 heteroatoms. The molecule has 1 heterocycles. The number of morpholine rings is 1. The molecule has 0 bridgehead atoms. The molecule has 0 radical (unpaired) electrons. The molecule has 2 N–H and O–H groups in total. The monoisotopic (exact) mass is 599 g/mol. The molecule has 1 aliphatic rings. The van der Waals surface area contributed by atoms with Gasteiger partial charge in [-0.2, -0.15) is 0 Å². The van der Waals surface area contributed by atoms with Crippen LogP contribution >= 0.6 is 0 Å². The Morgan fingerprint density at radius 3 is 2.05 bits per heavy atom. The van der Waals surface area contributed by atoms with Crippen LogP contribution in [0, 0.1) is 0 Å². The lowest BCUT2D eigenvalue weighted by atomic mass is 9.74. The molecule has 1 saturated heterocycles. The molecule has 238 valence electrons. The summed E-state index contributed by atoms with van der Waals surface area (Å²) in [5.41, 5.74) is 14.1. The molecular formula is C38H53N3O3. The van der Waals surface area contributed by atoms with Crippen molar-refractivity contribution in [2.24, 2.45) is 5.73 Å². The number of hydrogen-bond acceptors (Lipinski definition) is 5. The van der Waals surface area contributed by atoms with Crippen LogP contribution in [-0.4, -0.2) is 46.3 Å². The number of benzene rings is 3. The zero-order chi connectivity index (χ0) is 32.4. The van der Waals surface area contributed by atoms with Crippen LogP contribution in [0.5, 0.6) is 5.75 Å². The number of anilines is 2. The van der Waals surface area contributed by atoms with Gasteiger partial charge in [-0.05, 0) is 75.3 Å². The summed E-state index contributed by atoms with van der Waals surface area (Å²) >= 11 is 0. The van der Waals surface area contributed by atoms with E-state index < -0.39 is 5.91 Å². The summed E-state index contributed by atoms with van der Waals surface area (Å²) in [6.07, 6.45) is 0.871. The summed E-state index contributed by atoms with van der Waals surface area (Å²) in [5, 5.41) is 0. The largest absolute Gasteiger partial charge is 0.489 e. The summed E-state index contributed by atoms with van der Waals surface area (Å²) in [5.74, 6) is 0.458. The van der Waals surface area contributed by atoms with Gasteiger partial charge in [0.25, 0.3) is 0 Å². The topological polar surface area (TPSA) is 68.0 Å². The van der Waals surface area contributed by atoms with Crippen molar-refractivity contribution < 1.29 is 14.3 Å². The zero-order valence-electron chi connectivity index (χ0n) is 28.6. The number of hydrogen-bond donors (Lipinski definition) is 1. The van der Waals surface area contributed by atoms with Gasteiger partial charge in [0.15, 0.2) is 0 Å². The van der Waals surface area contributed by atoms with Crippen molar-refractivity contribution in [1.82, 2.24) is 0 Å². The Morgan fingerprint density at radius 1 is 0.818 bits per heavy atom. The van der Waals surface area contributed by atoms with Crippen molar-refractivity contribution >= 4 is 17.3 Å². The van der Waals surface area contributed by atoms with E-state index in [1.807, 2.05) is 12.1 Å². The first-order valence-electron chi connectivity index (χ1n) is 15.8. The van der Waals surface area contributed by atoms with Crippen LogP contribution in [0.1, 0.15) is 93.6 Å². The molecule has 4 rings (SSSR count). The number of amides is 1. The molecule has 0 aliphatic carbocycles. The summed E-state index contributed by atoms with van der Waals surface area (Å²) < 4.78 is 12.4. The van der Waals surface area contributed by atoms with E-state index in [4.69, 9.17) is 15.2 Å². The van der Waals surface area contributed by atoms with E-state index in [0.717, 1.165) is 55.3 Å². The minimum atomic E-state index is -0.419. The van der Waals surface area contributed by atoms with Gasteiger partial charge in [-0.3, -0.25) is 4.79 Å². The fourth-order valence-corrected chi connectivity index (χ4v) is 6.22. The Hall–Kier alpha value is -3.51. The molecule has 6 nitrogen and oxygen atoms in total. The zero-order valence-corrected chi connectivity index (χ0v) is 28.6. The summed E-state index contributed by atoms with van der Waals surface area (Å²) in [6, 6.07) is 19.3. The normalized spacial score (nSPS) is 14.5. The molecule has 0 saturated carbocycles. The van der Waals surface area contributed by atoms with Crippen LogP contribution in [0.15, 0.2) is 54.6 Å². The number of nitrogens with two attached hydrogens (primary N) is 1. The van der Waals surface area contributed by atoms with E-state index in [0.29, 0.717) is 12.2 Å². The Bertz CT molecular complexity index is 1470. The van der Waals surface area contributed by atoms with Crippen LogP contribution in [0.25, 0.3) is 0 Å². The number of rotatable bonds is 9.